The Labute approximate surface area is 144 Å². The SMILES string of the molecule is O=C(C[C@@H]1OC[C@H]2CN(Cc3ccccc3)CC[C@H]21)NCC1CC1. The Hall–Kier alpha value is -1.39. The Morgan fingerprint density at radius 2 is 2.04 bits per heavy atom. The van der Waals surface area contributed by atoms with Crippen molar-refractivity contribution in [2.75, 3.05) is 26.2 Å². The average molecular weight is 328 g/mol. The van der Waals surface area contributed by atoms with E-state index in [0.717, 1.165) is 45.1 Å². The highest BCUT2D eigenvalue weighted by Gasteiger charge is 2.41. The molecule has 1 aromatic rings. The molecule has 1 N–H and O–H groups in total. The van der Waals surface area contributed by atoms with Crippen molar-refractivity contribution < 1.29 is 9.53 Å². The van der Waals surface area contributed by atoms with Gasteiger partial charge >= 0.3 is 0 Å². The van der Waals surface area contributed by atoms with Gasteiger partial charge in [-0.2, -0.15) is 0 Å². The number of nitrogens with zero attached hydrogens (tertiary/aromatic N) is 1. The third-order valence-corrected chi connectivity index (χ3v) is 5.80. The van der Waals surface area contributed by atoms with E-state index in [0.29, 0.717) is 18.3 Å². The molecule has 3 aliphatic rings. The molecule has 0 spiro atoms. The van der Waals surface area contributed by atoms with Gasteiger partial charge in [-0.1, -0.05) is 30.3 Å². The summed E-state index contributed by atoms with van der Waals surface area (Å²) in [6.45, 7) is 4.91. The Kier molecular flexibility index (Phi) is 4.86. The predicted octanol–water partition coefficient (Wildman–Crippen LogP) is 2.44. The molecule has 4 heteroatoms. The van der Waals surface area contributed by atoms with Gasteiger partial charge in [-0.3, -0.25) is 9.69 Å². The van der Waals surface area contributed by atoms with E-state index in [1.54, 1.807) is 0 Å². The molecule has 1 aromatic carbocycles. The van der Waals surface area contributed by atoms with Crippen LogP contribution < -0.4 is 5.32 Å². The van der Waals surface area contributed by atoms with Gasteiger partial charge < -0.3 is 10.1 Å². The van der Waals surface area contributed by atoms with E-state index in [4.69, 9.17) is 4.74 Å². The predicted molar refractivity (Wildman–Crippen MR) is 93.4 cm³/mol. The largest absolute Gasteiger partial charge is 0.377 e. The third kappa shape index (κ3) is 3.98. The fraction of sp³-hybridized carbons (Fsp3) is 0.650. The highest BCUT2D eigenvalue weighted by molar-refractivity contribution is 5.76. The van der Waals surface area contributed by atoms with Gasteiger partial charge in [0.2, 0.25) is 5.91 Å². The smallest absolute Gasteiger partial charge is 0.222 e. The van der Waals surface area contributed by atoms with Crippen molar-refractivity contribution in [3.05, 3.63) is 35.9 Å². The number of rotatable bonds is 6. The summed E-state index contributed by atoms with van der Waals surface area (Å²) in [5, 5.41) is 3.08. The summed E-state index contributed by atoms with van der Waals surface area (Å²) in [7, 11) is 0. The molecular weight excluding hydrogens is 300 g/mol. The van der Waals surface area contributed by atoms with E-state index < -0.39 is 0 Å². The molecule has 4 rings (SSSR count). The monoisotopic (exact) mass is 328 g/mol. The number of ether oxygens (including phenoxy) is 1. The number of nitrogens with one attached hydrogen (secondary N) is 1. The Morgan fingerprint density at radius 3 is 2.83 bits per heavy atom. The molecule has 3 fully saturated rings. The Balaban J connectivity index is 1.25. The summed E-state index contributed by atoms with van der Waals surface area (Å²) < 4.78 is 6.00. The third-order valence-electron chi connectivity index (χ3n) is 5.80. The van der Waals surface area contributed by atoms with Crippen LogP contribution in [0, 0.1) is 17.8 Å². The first-order valence-electron chi connectivity index (χ1n) is 9.42. The molecule has 24 heavy (non-hydrogen) atoms. The van der Waals surface area contributed by atoms with E-state index in [9.17, 15) is 4.79 Å². The number of carbonyl (C=O) groups is 1. The van der Waals surface area contributed by atoms with E-state index in [2.05, 4.69) is 40.5 Å². The zero-order chi connectivity index (χ0) is 16.4. The Morgan fingerprint density at radius 1 is 1.21 bits per heavy atom. The summed E-state index contributed by atoms with van der Waals surface area (Å²) in [4.78, 5) is 14.6. The van der Waals surface area contributed by atoms with Gasteiger partial charge in [-0.15, -0.1) is 0 Å². The number of likely N-dealkylation sites (tertiary alicyclic amines) is 1. The molecule has 1 amide bonds. The molecule has 3 atom stereocenters. The van der Waals surface area contributed by atoms with Crippen LogP contribution in [0.4, 0.5) is 0 Å². The van der Waals surface area contributed by atoms with Gasteiger partial charge in [-0.05, 0) is 43.2 Å². The molecule has 2 aliphatic heterocycles. The van der Waals surface area contributed by atoms with Crippen LogP contribution in [0.25, 0.3) is 0 Å². The van der Waals surface area contributed by atoms with Crippen molar-refractivity contribution in [3.63, 3.8) is 0 Å². The van der Waals surface area contributed by atoms with Crippen LogP contribution in [0.5, 0.6) is 0 Å². The van der Waals surface area contributed by atoms with Crippen molar-refractivity contribution in [3.8, 4) is 0 Å². The van der Waals surface area contributed by atoms with Gasteiger partial charge in [0, 0.05) is 25.6 Å². The van der Waals surface area contributed by atoms with E-state index >= 15 is 0 Å². The second-order valence-electron chi connectivity index (χ2n) is 7.76. The lowest BCUT2D eigenvalue weighted by Crippen LogP contribution is -2.42. The molecular formula is C20H28N2O2. The molecule has 130 valence electrons. The van der Waals surface area contributed by atoms with Gasteiger partial charge in [0.25, 0.3) is 0 Å². The number of piperidine rings is 1. The fourth-order valence-corrected chi connectivity index (χ4v) is 4.19. The highest BCUT2D eigenvalue weighted by atomic mass is 16.5. The van der Waals surface area contributed by atoms with Crippen LogP contribution in [0.3, 0.4) is 0 Å². The molecule has 2 saturated heterocycles. The number of hydrogen-bond donors (Lipinski definition) is 1. The maximum absolute atomic E-state index is 12.1. The lowest BCUT2D eigenvalue weighted by Gasteiger charge is -2.35. The second kappa shape index (κ2) is 7.24. The molecule has 0 aromatic heterocycles. The summed E-state index contributed by atoms with van der Waals surface area (Å²) in [6, 6.07) is 10.7. The van der Waals surface area contributed by atoms with Crippen molar-refractivity contribution >= 4 is 5.91 Å². The number of fused-ring (bicyclic) bond motifs is 1. The second-order valence-corrected chi connectivity index (χ2v) is 7.76. The van der Waals surface area contributed by atoms with Crippen LogP contribution >= 0.6 is 0 Å². The van der Waals surface area contributed by atoms with Crippen molar-refractivity contribution in [2.45, 2.75) is 38.3 Å². The van der Waals surface area contributed by atoms with Gasteiger partial charge in [0.05, 0.1) is 19.1 Å². The van der Waals surface area contributed by atoms with Crippen molar-refractivity contribution in [1.82, 2.24) is 10.2 Å². The standard InChI is InChI=1S/C20H28N2O2/c23-20(21-11-15-6-7-15)10-19-18-8-9-22(13-17(18)14-24-19)12-16-4-2-1-3-5-16/h1-5,15,17-19H,6-14H2,(H,21,23)/t17-,18-,19+/m1/s1. The average Bonchev–Trinajstić information content (AvgIpc) is 3.35. The molecule has 0 unspecified atom stereocenters. The topological polar surface area (TPSA) is 41.6 Å². The molecule has 0 bridgehead atoms. The maximum Gasteiger partial charge on any atom is 0.222 e. The van der Waals surface area contributed by atoms with E-state index in [1.165, 1.54) is 18.4 Å². The summed E-state index contributed by atoms with van der Waals surface area (Å²) in [5.74, 6) is 2.07. The number of amides is 1. The normalized spacial score (nSPS) is 30.1. The number of hydrogen-bond acceptors (Lipinski definition) is 3. The number of carbonyl (C=O) groups excluding carboxylic acids is 1. The zero-order valence-electron chi connectivity index (χ0n) is 14.3. The summed E-state index contributed by atoms with van der Waals surface area (Å²) in [5.41, 5.74) is 1.38. The van der Waals surface area contributed by atoms with Crippen LogP contribution in [0.15, 0.2) is 30.3 Å². The lowest BCUT2D eigenvalue weighted by atomic mass is 9.83. The van der Waals surface area contributed by atoms with Crippen molar-refractivity contribution in [1.29, 1.82) is 0 Å². The zero-order valence-corrected chi connectivity index (χ0v) is 14.3. The summed E-state index contributed by atoms with van der Waals surface area (Å²) >= 11 is 0. The minimum atomic E-state index is 0.132. The minimum absolute atomic E-state index is 0.132. The quantitative estimate of drug-likeness (QED) is 0.872. The molecule has 0 radical (unpaired) electrons. The molecule has 1 saturated carbocycles. The fourth-order valence-electron chi connectivity index (χ4n) is 4.19. The first-order valence-corrected chi connectivity index (χ1v) is 9.42. The summed E-state index contributed by atoms with van der Waals surface area (Å²) in [6.07, 6.45) is 4.39. The van der Waals surface area contributed by atoms with Crippen LogP contribution in [0.2, 0.25) is 0 Å². The molecule has 1 aliphatic carbocycles. The van der Waals surface area contributed by atoms with Crippen LogP contribution in [0.1, 0.15) is 31.2 Å². The Bertz CT molecular complexity index is 558. The molecule has 4 nitrogen and oxygen atoms in total. The van der Waals surface area contributed by atoms with Gasteiger partial charge in [0.15, 0.2) is 0 Å². The van der Waals surface area contributed by atoms with E-state index in [1.807, 2.05) is 0 Å². The first-order chi connectivity index (χ1) is 11.8. The highest BCUT2D eigenvalue weighted by Crippen LogP contribution is 2.36. The number of benzene rings is 1. The maximum atomic E-state index is 12.1. The van der Waals surface area contributed by atoms with E-state index in [-0.39, 0.29) is 12.0 Å². The van der Waals surface area contributed by atoms with Crippen LogP contribution in [-0.4, -0.2) is 43.2 Å². The van der Waals surface area contributed by atoms with Crippen LogP contribution in [-0.2, 0) is 16.1 Å². The van der Waals surface area contributed by atoms with Crippen molar-refractivity contribution in [2.24, 2.45) is 17.8 Å². The first kappa shape index (κ1) is 16.1. The lowest BCUT2D eigenvalue weighted by molar-refractivity contribution is -0.123. The van der Waals surface area contributed by atoms with Gasteiger partial charge in [0.1, 0.15) is 0 Å². The van der Waals surface area contributed by atoms with Gasteiger partial charge in [-0.25, -0.2) is 0 Å². The molecule has 2 heterocycles. The minimum Gasteiger partial charge on any atom is -0.377 e.